The van der Waals surface area contributed by atoms with Crippen LogP contribution in [0.3, 0.4) is 0 Å². The van der Waals surface area contributed by atoms with Gasteiger partial charge in [-0.05, 0) is 32.1 Å². The van der Waals surface area contributed by atoms with Crippen molar-refractivity contribution in [2.24, 2.45) is 5.92 Å². The smallest absolute Gasteiger partial charge is 0.185 e. The highest BCUT2D eigenvalue weighted by molar-refractivity contribution is 7.15. The highest BCUT2D eigenvalue weighted by Gasteiger charge is 2.22. The lowest BCUT2D eigenvalue weighted by atomic mass is 10.2. The SMILES string of the molecule is CCc1nc(N(CC)CC(C)C)sc1CNC1CC1. The Hall–Kier alpha value is -0.610. The van der Waals surface area contributed by atoms with Crippen LogP contribution >= 0.6 is 11.3 Å². The topological polar surface area (TPSA) is 28.2 Å². The summed E-state index contributed by atoms with van der Waals surface area (Å²) in [6, 6.07) is 0.771. The molecule has 0 unspecified atom stereocenters. The molecule has 3 nitrogen and oxygen atoms in total. The third-order valence-corrected chi connectivity index (χ3v) is 4.63. The van der Waals surface area contributed by atoms with E-state index in [0.29, 0.717) is 5.92 Å². The molecule has 1 aliphatic rings. The first-order valence-corrected chi connectivity index (χ1v) is 8.42. The van der Waals surface area contributed by atoms with Gasteiger partial charge in [0.1, 0.15) is 0 Å². The molecule has 1 aromatic heterocycles. The summed E-state index contributed by atoms with van der Waals surface area (Å²) in [5.74, 6) is 0.682. The van der Waals surface area contributed by atoms with Crippen LogP contribution < -0.4 is 10.2 Å². The van der Waals surface area contributed by atoms with Gasteiger partial charge in [-0.15, -0.1) is 11.3 Å². The molecule has 1 aliphatic carbocycles. The van der Waals surface area contributed by atoms with Crippen LogP contribution in [0.1, 0.15) is 51.1 Å². The van der Waals surface area contributed by atoms with E-state index in [1.54, 1.807) is 0 Å². The molecule has 0 atom stereocenters. The Morgan fingerprint density at radius 2 is 2.11 bits per heavy atom. The zero-order chi connectivity index (χ0) is 13.8. The molecule has 1 aromatic rings. The van der Waals surface area contributed by atoms with Gasteiger partial charge in [-0.3, -0.25) is 0 Å². The minimum absolute atomic E-state index is 0.682. The lowest BCUT2D eigenvalue weighted by molar-refractivity contribution is 0.617. The minimum atomic E-state index is 0.682. The highest BCUT2D eigenvalue weighted by atomic mass is 32.1. The number of hydrogen-bond donors (Lipinski definition) is 1. The summed E-state index contributed by atoms with van der Waals surface area (Å²) in [5, 5.41) is 4.82. The summed E-state index contributed by atoms with van der Waals surface area (Å²) in [7, 11) is 0. The average Bonchev–Trinajstić information content (AvgIpc) is 3.12. The van der Waals surface area contributed by atoms with E-state index in [2.05, 4.69) is 37.9 Å². The third kappa shape index (κ3) is 4.18. The number of aryl methyl sites for hydroxylation is 1. The molecule has 0 spiro atoms. The van der Waals surface area contributed by atoms with Crippen LogP contribution in [-0.2, 0) is 13.0 Å². The Morgan fingerprint density at radius 3 is 2.63 bits per heavy atom. The predicted octanol–water partition coefficient (Wildman–Crippen LogP) is 3.44. The zero-order valence-corrected chi connectivity index (χ0v) is 13.5. The fraction of sp³-hybridized carbons (Fsp3) is 0.800. The Bertz CT molecular complexity index is 396. The maximum Gasteiger partial charge on any atom is 0.185 e. The second kappa shape index (κ2) is 6.71. The summed E-state index contributed by atoms with van der Waals surface area (Å²) in [4.78, 5) is 8.70. The molecule has 1 heterocycles. The van der Waals surface area contributed by atoms with Crippen LogP contribution in [0.5, 0.6) is 0 Å². The quantitative estimate of drug-likeness (QED) is 0.791. The van der Waals surface area contributed by atoms with E-state index in [-0.39, 0.29) is 0 Å². The number of anilines is 1. The normalized spacial score (nSPS) is 15.2. The fourth-order valence-corrected chi connectivity index (χ4v) is 3.40. The van der Waals surface area contributed by atoms with E-state index in [1.165, 1.54) is 28.5 Å². The number of aromatic nitrogens is 1. The monoisotopic (exact) mass is 281 g/mol. The largest absolute Gasteiger partial charge is 0.348 e. The molecule has 0 radical (unpaired) electrons. The van der Waals surface area contributed by atoms with Crippen molar-refractivity contribution in [3.05, 3.63) is 10.6 Å². The zero-order valence-electron chi connectivity index (χ0n) is 12.7. The van der Waals surface area contributed by atoms with Gasteiger partial charge in [0.05, 0.1) is 5.69 Å². The van der Waals surface area contributed by atoms with Crippen molar-refractivity contribution >= 4 is 16.5 Å². The van der Waals surface area contributed by atoms with E-state index < -0.39 is 0 Å². The van der Waals surface area contributed by atoms with Gasteiger partial charge in [-0.1, -0.05) is 20.8 Å². The molecule has 1 N–H and O–H groups in total. The fourth-order valence-electron chi connectivity index (χ4n) is 2.23. The number of hydrogen-bond acceptors (Lipinski definition) is 4. The highest BCUT2D eigenvalue weighted by Crippen LogP contribution is 2.28. The molecule has 19 heavy (non-hydrogen) atoms. The third-order valence-electron chi connectivity index (χ3n) is 3.47. The van der Waals surface area contributed by atoms with Gasteiger partial charge >= 0.3 is 0 Å². The van der Waals surface area contributed by atoms with Crippen LogP contribution in [0, 0.1) is 5.92 Å². The Balaban J connectivity index is 2.06. The summed E-state index contributed by atoms with van der Waals surface area (Å²) in [5.41, 5.74) is 1.29. The van der Waals surface area contributed by atoms with Gasteiger partial charge in [-0.2, -0.15) is 0 Å². The van der Waals surface area contributed by atoms with Crippen molar-refractivity contribution in [2.75, 3.05) is 18.0 Å². The van der Waals surface area contributed by atoms with Crippen LogP contribution in [0.25, 0.3) is 0 Å². The molecule has 0 aromatic carbocycles. The number of thiazole rings is 1. The molecule has 108 valence electrons. The maximum atomic E-state index is 4.86. The first-order valence-electron chi connectivity index (χ1n) is 7.60. The first-order chi connectivity index (χ1) is 9.13. The minimum Gasteiger partial charge on any atom is -0.348 e. The van der Waals surface area contributed by atoms with Gasteiger partial charge in [0.2, 0.25) is 0 Å². The lowest BCUT2D eigenvalue weighted by Crippen LogP contribution is -2.27. The van der Waals surface area contributed by atoms with Crippen molar-refractivity contribution in [3.63, 3.8) is 0 Å². The molecule has 0 bridgehead atoms. The second-order valence-electron chi connectivity index (χ2n) is 5.81. The van der Waals surface area contributed by atoms with Crippen LogP contribution in [0.2, 0.25) is 0 Å². The first kappa shape index (κ1) is 14.8. The van der Waals surface area contributed by atoms with Gasteiger partial charge < -0.3 is 10.2 Å². The average molecular weight is 281 g/mol. The van der Waals surface area contributed by atoms with Crippen molar-refractivity contribution < 1.29 is 0 Å². The summed E-state index contributed by atoms with van der Waals surface area (Å²) >= 11 is 1.88. The molecule has 1 saturated carbocycles. The predicted molar refractivity (Wildman–Crippen MR) is 84.1 cm³/mol. The molecule has 2 rings (SSSR count). The van der Waals surface area contributed by atoms with Gasteiger partial charge in [0.15, 0.2) is 5.13 Å². The molecule has 0 aliphatic heterocycles. The number of nitrogens with zero attached hydrogens (tertiary/aromatic N) is 2. The Kier molecular flexibility index (Phi) is 5.22. The second-order valence-corrected chi connectivity index (χ2v) is 6.87. The van der Waals surface area contributed by atoms with E-state index in [0.717, 1.165) is 32.1 Å². The van der Waals surface area contributed by atoms with Crippen LogP contribution in [-0.4, -0.2) is 24.1 Å². The molecule has 0 amide bonds. The van der Waals surface area contributed by atoms with Crippen LogP contribution in [0.4, 0.5) is 5.13 Å². The van der Waals surface area contributed by atoms with E-state index in [1.807, 2.05) is 11.3 Å². The van der Waals surface area contributed by atoms with E-state index in [9.17, 15) is 0 Å². The van der Waals surface area contributed by atoms with Gasteiger partial charge in [0.25, 0.3) is 0 Å². The molecule has 1 fully saturated rings. The Morgan fingerprint density at radius 1 is 1.37 bits per heavy atom. The summed E-state index contributed by atoms with van der Waals surface area (Å²) in [6.07, 6.45) is 3.74. The van der Waals surface area contributed by atoms with Crippen LogP contribution in [0.15, 0.2) is 0 Å². The number of rotatable bonds is 8. The van der Waals surface area contributed by atoms with Gasteiger partial charge in [-0.25, -0.2) is 4.98 Å². The lowest BCUT2D eigenvalue weighted by Gasteiger charge is -2.21. The molecule has 4 heteroatoms. The van der Waals surface area contributed by atoms with Crippen molar-refractivity contribution in [2.45, 2.75) is 59.5 Å². The molecule has 0 saturated heterocycles. The standard InChI is InChI=1S/C15H27N3S/c1-5-13-14(9-16-12-7-8-12)19-15(17-13)18(6-2)10-11(3)4/h11-12,16H,5-10H2,1-4H3. The maximum absolute atomic E-state index is 4.86. The number of nitrogens with one attached hydrogen (secondary N) is 1. The van der Waals surface area contributed by atoms with Crippen molar-refractivity contribution in [1.29, 1.82) is 0 Å². The summed E-state index contributed by atoms with van der Waals surface area (Å²) < 4.78 is 0. The Labute approximate surface area is 121 Å². The molecular weight excluding hydrogens is 254 g/mol. The van der Waals surface area contributed by atoms with Gasteiger partial charge in [0, 0.05) is 30.6 Å². The van der Waals surface area contributed by atoms with E-state index in [4.69, 9.17) is 4.98 Å². The van der Waals surface area contributed by atoms with Crippen molar-refractivity contribution in [1.82, 2.24) is 10.3 Å². The van der Waals surface area contributed by atoms with E-state index >= 15 is 0 Å². The molecular formula is C15H27N3S. The summed E-state index contributed by atoms with van der Waals surface area (Å²) in [6.45, 7) is 12.1. The van der Waals surface area contributed by atoms with Crippen molar-refractivity contribution in [3.8, 4) is 0 Å².